The van der Waals surface area contributed by atoms with Crippen molar-refractivity contribution in [1.29, 1.82) is 0 Å². The molecule has 0 saturated carbocycles. The number of nitrogens with one attached hydrogen (secondary N) is 2. The standard InChI is InChI=1S/C16H17N3O4/c1-11(8-15(21)17-10-14-6-3-7-23-14)18-19-16(22)12-4-2-5-13(20)9-12/h2-7,9,20H,8,10H2,1H3,(H,17,21)(H,19,22)/b18-11-. The van der Waals surface area contributed by atoms with Gasteiger partial charge in [-0.3, -0.25) is 9.59 Å². The van der Waals surface area contributed by atoms with E-state index in [9.17, 15) is 14.7 Å². The van der Waals surface area contributed by atoms with Gasteiger partial charge in [-0.05, 0) is 37.3 Å². The summed E-state index contributed by atoms with van der Waals surface area (Å²) >= 11 is 0. The van der Waals surface area contributed by atoms with Gasteiger partial charge in [-0.2, -0.15) is 5.10 Å². The molecule has 7 nitrogen and oxygen atoms in total. The molecule has 0 radical (unpaired) electrons. The quantitative estimate of drug-likeness (QED) is 0.558. The Kier molecular flexibility index (Phi) is 5.51. The van der Waals surface area contributed by atoms with Crippen LogP contribution in [0.25, 0.3) is 0 Å². The third kappa shape index (κ3) is 5.31. The number of nitrogens with zero attached hydrogens (tertiary/aromatic N) is 1. The molecule has 0 bridgehead atoms. The van der Waals surface area contributed by atoms with Crippen molar-refractivity contribution in [3.05, 3.63) is 54.0 Å². The molecule has 0 unspecified atom stereocenters. The maximum atomic E-state index is 11.8. The first-order chi connectivity index (χ1) is 11.0. The molecule has 2 rings (SSSR count). The van der Waals surface area contributed by atoms with Gasteiger partial charge in [0.15, 0.2) is 0 Å². The average molecular weight is 315 g/mol. The predicted octanol–water partition coefficient (Wildman–Crippen LogP) is 1.80. The fourth-order valence-electron chi connectivity index (χ4n) is 1.79. The molecule has 120 valence electrons. The van der Waals surface area contributed by atoms with E-state index in [4.69, 9.17) is 4.42 Å². The van der Waals surface area contributed by atoms with Crippen LogP contribution in [0.5, 0.6) is 5.75 Å². The summed E-state index contributed by atoms with van der Waals surface area (Å²) in [7, 11) is 0. The van der Waals surface area contributed by atoms with E-state index in [0.717, 1.165) is 0 Å². The number of hydrogen-bond acceptors (Lipinski definition) is 5. The molecular weight excluding hydrogens is 298 g/mol. The van der Waals surface area contributed by atoms with Gasteiger partial charge in [0.1, 0.15) is 11.5 Å². The largest absolute Gasteiger partial charge is 0.508 e. The first-order valence-corrected chi connectivity index (χ1v) is 6.96. The van der Waals surface area contributed by atoms with E-state index in [1.807, 2.05) is 0 Å². The molecule has 0 fully saturated rings. The fraction of sp³-hybridized carbons (Fsp3) is 0.188. The molecule has 1 heterocycles. The fourth-order valence-corrected chi connectivity index (χ4v) is 1.79. The smallest absolute Gasteiger partial charge is 0.271 e. The van der Waals surface area contributed by atoms with E-state index in [-0.39, 0.29) is 23.6 Å². The van der Waals surface area contributed by atoms with E-state index in [0.29, 0.717) is 18.0 Å². The number of carbonyl (C=O) groups is 2. The summed E-state index contributed by atoms with van der Waals surface area (Å²) in [5, 5.41) is 15.9. The maximum absolute atomic E-state index is 11.8. The normalized spacial score (nSPS) is 11.1. The SMILES string of the molecule is C/C(CC(=O)NCc1ccco1)=N/NC(=O)c1cccc(O)c1. The second-order valence-corrected chi connectivity index (χ2v) is 4.87. The number of hydrogen-bond donors (Lipinski definition) is 3. The number of phenolic OH excluding ortho intramolecular Hbond substituents is 1. The average Bonchev–Trinajstić information content (AvgIpc) is 3.04. The Morgan fingerprint density at radius 3 is 2.78 bits per heavy atom. The predicted molar refractivity (Wildman–Crippen MR) is 83.9 cm³/mol. The molecule has 7 heteroatoms. The van der Waals surface area contributed by atoms with E-state index in [1.54, 1.807) is 31.2 Å². The van der Waals surface area contributed by atoms with Crippen molar-refractivity contribution in [1.82, 2.24) is 10.7 Å². The number of rotatable bonds is 6. The van der Waals surface area contributed by atoms with Gasteiger partial charge in [-0.15, -0.1) is 0 Å². The Morgan fingerprint density at radius 2 is 2.09 bits per heavy atom. The van der Waals surface area contributed by atoms with E-state index < -0.39 is 5.91 Å². The number of benzene rings is 1. The van der Waals surface area contributed by atoms with Crippen molar-refractivity contribution in [3.8, 4) is 5.75 Å². The Labute approximate surface area is 133 Å². The lowest BCUT2D eigenvalue weighted by Gasteiger charge is -2.04. The van der Waals surface area contributed by atoms with Crippen molar-refractivity contribution in [2.24, 2.45) is 5.10 Å². The molecule has 0 aliphatic rings. The summed E-state index contributed by atoms with van der Waals surface area (Å²) in [6, 6.07) is 9.41. The van der Waals surface area contributed by atoms with Crippen molar-refractivity contribution < 1.29 is 19.1 Å². The van der Waals surface area contributed by atoms with Crippen LogP contribution in [-0.2, 0) is 11.3 Å². The van der Waals surface area contributed by atoms with Crippen molar-refractivity contribution in [3.63, 3.8) is 0 Å². The summed E-state index contributed by atoms with van der Waals surface area (Å²) < 4.78 is 5.10. The van der Waals surface area contributed by atoms with Gasteiger partial charge in [0.2, 0.25) is 5.91 Å². The first kappa shape index (κ1) is 16.3. The van der Waals surface area contributed by atoms with Crippen LogP contribution >= 0.6 is 0 Å². The summed E-state index contributed by atoms with van der Waals surface area (Å²) in [6.45, 7) is 1.93. The highest BCUT2D eigenvalue weighted by Crippen LogP contribution is 2.10. The van der Waals surface area contributed by atoms with Crippen molar-refractivity contribution in [2.45, 2.75) is 19.9 Å². The molecule has 1 aromatic carbocycles. The molecule has 2 aromatic rings. The summed E-state index contributed by atoms with van der Waals surface area (Å²) in [5.74, 6) is -0.0358. The van der Waals surface area contributed by atoms with Crippen LogP contribution in [0.2, 0.25) is 0 Å². The van der Waals surface area contributed by atoms with Crippen molar-refractivity contribution >= 4 is 17.5 Å². The number of phenols is 1. The van der Waals surface area contributed by atoms with E-state index >= 15 is 0 Å². The Balaban J connectivity index is 1.80. The Bertz CT molecular complexity index is 708. The summed E-state index contributed by atoms with van der Waals surface area (Å²) in [5.41, 5.74) is 3.08. The lowest BCUT2D eigenvalue weighted by Crippen LogP contribution is -2.26. The second kappa shape index (κ2) is 7.79. The van der Waals surface area contributed by atoms with Gasteiger partial charge < -0.3 is 14.8 Å². The molecule has 0 atom stereocenters. The second-order valence-electron chi connectivity index (χ2n) is 4.87. The Hall–Kier alpha value is -3.09. The molecule has 1 aromatic heterocycles. The number of carbonyl (C=O) groups excluding carboxylic acids is 2. The number of furan rings is 1. The van der Waals surface area contributed by atoms with Gasteiger partial charge in [-0.1, -0.05) is 6.07 Å². The third-order valence-electron chi connectivity index (χ3n) is 2.91. The minimum Gasteiger partial charge on any atom is -0.508 e. The van der Waals surface area contributed by atoms with Gasteiger partial charge in [0.25, 0.3) is 5.91 Å². The molecule has 0 spiro atoms. The highest BCUT2D eigenvalue weighted by molar-refractivity contribution is 6.01. The zero-order valence-corrected chi connectivity index (χ0v) is 12.6. The molecule has 0 saturated heterocycles. The van der Waals surface area contributed by atoms with Gasteiger partial charge in [-0.25, -0.2) is 5.43 Å². The molecule has 3 N–H and O–H groups in total. The number of amides is 2. The monoisotopic (exact) mass is 315 g/mol. The Morgan fingerprint density at radius 1 is 1.26 bits per heavy atom. The minimum atomic E-state index is -0.462. The highest BCUT2D eigenvalue weighted by atomic mass is 16.3. The highest BCUT2D eigenvalue weighted by Gasteiger charge is 2.07. The molecular formula is C16H17N3O4. The number of aromatic hydroxyl groups is 1. The van der Waals surface area contributed by atoms with Gasteiger partial charge >= 0.3 is 0 Å². The summed E-state index contributed by atoms with van der Waals surface area (Å²) in [4.78, 5) is 23.6. The van der Waals surface area contributed by atoms with Gasteiger partial charge in [0.05, 0.1) is 19.2 Å². The minimum absolute atomic E-state index is 0.00402. The zero-order valence-electron chi connectivity index (χ0n) is 12.6. The lowest BCUT2D eigenvalue weighted by atomic mass is 10.2. The number of hydrazone groups is 1. The van der Waals surface area contributed by atoms with Crippen molar-refractivity contribution in [2.75, 3.05) is 0 Å². The lowest BCUT2D eigenvalue weighted by molar-refractivity contribution is -0.120. The topological polar surface area (TPSA) is 104 Å². The van der Waals surface area contributed by atoms with E-state index in [1.165, 1.54) is 18.4 Å². The van der Waals surface area contributed by atoms with Crippen LogP contribution in [0.1, 0.15) is 29.5 Å². The van der Waals surface area contributed by atoms with Crippen LogP contribution in [0.4, 0.5) is 0 Å². The van der Waals surface area contributed by atoms with Crippen LogP contribution in [0.3, 0.4) is 0 Å². The van der Waals surface area contributed by atoms with Crippen LogP contribution in [0, 0.1) is 0 Å². The van der Waals surface area contributed by atoms with Crippen LogP contribution < -0.4 is 10.7 Å². The van der Waals surface area contributed by atoms with E-state index in [2.05, 4.69) is 15.8 Å². The molecule has 23 heavy (non-hydrogen) atoms. The van der Waals surface area contributed by atoms with Gasteiger partial charge in [0, 0.05) is 11.3 Å². The summed E-state index contributed by atoms with van der Waals surface area (Å²) in [6.07, 6.45) is 1.59. The zero-order chi connectivity index (χ0) is 16.7. The first-order valence-electron chi connectivity index (χ1n) is 6.96. The molecule has 0 aliphatic carbocycles. The van der Waals surface area contributed by atoms with Crippen LogP contribution in [-0.4, -0.2) is 22.6 Å². The molecule has 0 aliphatic heterocycles. The third-order valence-corrected chi connectivity index (χ3v) is 2.91. The molecule has 2 amide bonds. The van der Waals surface area contributed by atoms with Crippen LogP contribution in [0.15, 0.2) is 52.2 Å². The maximum Gasteiger partial charge on any atom is 0.271 e.